The minimum absolute atomic E-state index is 0.0908. The van der Waals surface area contributed by atoms with Gasteiger partial charge in [-0.1, -0.05) is 26.0 Å². The first kappa shape index (κ1) is 12.7. The van der Waals surface area contributed by atoms with Crippen LogP contribution in [0.15, 0.2) is 30.5 Å². The van der Waals surface area contributed by atoms with Crippen LogP contribution in [0.3, 0.4) is 0 Å². The molecule has 0 spiro atoms. The van der Waals surface area contributed by atoms with Crippen molar-refractivity contribution in [2.24, 2.45) is 0 Å². The highest BCUT2D eigenvalue weighted by Gasteiger charge is 2.22. The quantitative estimate of drug-likeness (QED) is 0.829. The maximum atomic E-state index is 13.9. The van der Waals surface area contributed by atoms with Gasteiger partial charge in [0, 0.05) is 5.56 Å². The molecular weight excluding hydrogens is 234 g/mol. The van der Waals surface area contributed by atoms with E-state index < -0.39 is 11.9 Å². The lowest BCUT2D eigenvalue weighted by Gasteiger charge is -2.22. The molecule has 2 nitrogen and oxygen atoms in total. The van der Waals surface area contributed by atoms with Crippen molar-refractivity contribution in [1.82, 2.24) is 10.3 Å². The maximum absolute atomic E-state index is 13.9. The Morgan fingerprint density at radius 1 is 1.39 bits per heavy atom. The van der Waals surface area contributed by atoms with Crippen LogP contribution < -0.4 is 5.32 Å². The van der Waals surface area contributed by atoms with Crippen molar-refractivity contribution in [2.75, 3.05) is 0 Å². The minimum Gasteiger partial charge on any atom is -0.380 e. The highest BCUT2D eigenvalue weighted by Crippen LogP contribution is 2.30. The third-order valence-corrected chi connectivity index (χ3v) is 3.25. The van der Waals surface area contributed by atoms with Gasteiger partial charge in [-0.2, -0.15) is 13.8 Å². The first-order valence-electron chi connectivity index (χ1n) is 6.08. The first-order valence-corrected chi connectivity index (χ1v) is 6.08. The number of hydrogen-bond acceptors (Lipinski definition) is 2. The van der Waals surface area contributed by atoms with Crippen LogP contribution in [0.2, 0.25) is 0 Å². The molecule has 2 rings (SSSR count). The van der Waals surface area contributed by atoms with Gasteiger partial charge in [-0.15, -0.1) is 0 Å². The molecule has 1 aromatic heterocycles. The van der Waals surface area contributed by atoms with E-state index in [1.807, 2.05) is 32.1 Å². The van der Waals surface area contributed by atoms with Gasteiger partial charge >= 0.3 is 0 Å². The van der Waals surface area contributed by atoms with Crippen LogP contribution in [0.4, 0.5) is 8.78 Å². The van der Waals surface area contributed by atoms with Gasteiger partial charge in [0.1, 0.15) is 0 Å². The van der Waals surface area contributed by atoms with Crippen LogP contribution in [0.5, 0.6) is 0 Å². The number of aromatic nitrogens is 1. The summed E-state index contributed by atoms with van der Waals surface area (Å²) in [5, 5.41) is 3.05. The third-order valence-electron chi connectivity index (χ3n) is 3.25. The Morgan fingerprint density at radius 2 is 2.17 bits per heavy atom. The Bertz CT molecular complexity index is 495. The Hall–Kier alpha value is -1.71. The van der Waals surface area contributed by atoms with Crippen molar-refractivity contribution in [3.63, 3.8) is 0 Å². The number of rotatable bonds is 3. The largest absolute Gasteiger partial charge is 0.380 e. The van der Waals surface area contributed by atoms with Crippen molar-refractivity contribution >= 4 is 0 Å². The van der Waals surface area contributed by atoms with E-state index in [0.29, 0.717) is 11.1 Å². The van der Waals surface area contributed by atoms with E-state index in [9.17, 15) is 8.78 Å². The zero-order chi connectivity index (χ0) is 13.1. The van der Waals surface area contributed by atoms with Crippen LogP contribution >= 0.6 is 0 Å². The predicted molar refractivity (Wildman–Crippen MR) is 67.0 cm³/mol. The standard InChI is InChI=1S/C14H16F2N2/c1-3-9(2)10-8-12(15)18-14(16)13(10)11-6-4-5-7-17-11/h4-9,11,17H,3H2,1-2H3. The molecule has 0 aromatic carbocycles. The number of dihydropyridines is 1. The van der Waals surface area contributed by atoms with Crippen molar-refractivity contribution in [3.8, 4) is 0 Å². The normalized spacial score (nSPS) is 19.7. The van der Waals surface area contributed by atoms with E-state index in [1.54, 1.807) is 6.20 Å². The molecule has 4 heteroatoms. The van der Waals surface area contributed by atoms with Gasteiger partial charge in [0.05, 0.1) is 6.04 Å². The van der Waals surface area contributed by atoms with E-state index in [2.05, 4.69) is 10.3 Å². The minimum atomic E-state index is -0.762. The summed E-state index contributed by atoms with van der Waals surface area (Å²) in [4.78, 5) is 3.29. The highest BCUT2D eigenvalue weighted by atomic mass is 19.1. The second kappa shape index (κ2) is 5.29. The average Bonchev–Trinajstić information content (AvgIpc) is 2.38. The maximum Gasteiger partial charge on any atom is 0.221 e. The first-order chi connectivity index (χ1) is 8.63. The number of hydrogen-bond donors (Lipinski definition) is 1. The molecule has 1 aliphatic heterocycles. The molecule has 0 amide bonds. The Morgan fingerprint density at radius 3 is 2.78 bits per heavy atom. The van der Waals surface area contributed by atoms with Crippen LogP contribution in [-0.4, -0.2) is 4.98 Å². The second-order valence-electron chi connectivity index (χ2n) is 4.44. The van der Waals surface area contributed by atoms with Crippen LogP contribution in [0, 0.1) is 11.9 Å². The molecule has 0 saturated carbocycles. The summed E-state index contributed by atoms with van der Waals surface area (Å²) in [7, 11) is 0. The topological polar surface area (TPSA) is 24.9 Å². The smallest absolute Gasteiger partial charge is 0.221 e. The molecule has 0 saturated heterocycles. The van der Waals surface area contributed by atoms with E-state index in [-0.39, 0.29) is 12.0 Å². The summed E-state index contributed by atoms with van der Waals surface area (Å²) >= 11 is 0. The number of halogens is 2. The van der Waals surface area contributed by atoms with Crippen molar-refractivity contribution in [3.05, 3.63) is 53.5 Å². The number of nitrogens with zero attached hydrogens (tertiary/aromatic N) is 1. The predicted octanol–water partition coefficient (Wildman–Crippen LogP) is 3.59. The highest BCUT2D eigenvalue weighted by molar-refractivity contribution is 5.35. The van der Waals surface area contributed by atoms with Gasteiger partial charge in [-0.3, -0.25) is 0 Å². The molecule has 2 unspecified atom stereocenters. The number of pyridine rings is 1. The lowest BCUT2D eigenvalue weighted by atomic mass is 9.91. The molecule has 1 N–H and O–H groups in total. The zero-order valence-electron chi connectivity index (χ0n) is 10.5. The lowest BCUT2D eigenvalue weighted by molar-refractivity contribution is 0.484. The van der Waals surface area contributed by atoms with Crippen LogP contribution in [-0.2, 0) is 0 Å². The third kappa shape index (κ3) is 2.42. The van der Waals surface area contributed by atoms with E-state index >= 15 is 0 Å². The second-order valence-corrected chi connectivity index (χ2v) is 4.44. The van der Waals surface area contributed by atoms with E-state index in [1.165, 1.54) is 6.07 Å². The average molecular weight is 250 g/mol. The Labute approximate surface area is 105 Å². The van der Waals surface area contributed by atoms with Crippen LogP contribution in [0.1, 0.15) is 43.4 Å². The molecule has 2 heterocycles. The number of allylic oxidation sites excluding steroid dienone is 2. The van der Waals surface area contributed by atoms with Gasteiger partial charge in [-0.05, 0) is 36.2 Å². The van der Waals surface area contributed by atoms with Gasteiger partial charge in [-0.25, -0.2) is 0 Å². The van der Waals surface area contributed by atoms with Gasteiger partial charge < -0.3 is 5.32 Å². The Kier molecular flexibility index (Phi) is 3.75. The summed E-state index contributed by atoms with van der Waals surface area (Å²) in [5.41, 5.74) is 1.12. The SMILES string of the molecule is CCC(C)c1cc(F)nc(F)c1C1C=CC=CN1. The summed E-state index contributed by atoms with van der Waals surface area (Å²) in [6.45, 7) is 3.95. The molecule has 18 heavy (non-hydrogen) atoms. The van der Waals surface area contributed by atoms with Crippen molar-refractivity contribution in [1.29, 1.82) is 0 Å². The van der Waals surface area contributed by atoms with Gasteiger partial charge in [0.2, 0.25) is 11.9 Å². The van der Waals surface area contributed by atoms with E-state index in [4.69, 9.17) is 0 Å². The zero-order valence-corrected chi connectivity index (χ0v) is 10.5. The fourth-order valence-corrected chi connectivity index (χ4v) is 2.07. The number of nitrogens with one attached hydrogen (secondary N) is 1. The fraction of sp³-hybridized carbons (Fsp3) is 0.357. The molecule has 0 bridgehead atoms. The van der Waals surface area contributed by atoms with Crippen LogP contribution in [0.25, 0.3) is 0 Å². The van der Waals surface area contributed by atoms with Crippen molar-refractivity contribution in [2.45, 2.75) is 32.2 Å². The Balaban J connectivity index is 2.50. The van der Waals surface area contributed by atoms with Crippen molar-refractivity contribution < 1.29 is 8.78 Å². The molecule has 2 atom stereocenters. The molecule has 0 aliphatic carbocycles. The lowest BCUT2D eigenvalue weighted by Crippen LogP contribution is -2.20. The molecule has 0 radical (unpaired) electrons. The molecular formula is C14H16F2N2. The van der Waals surface area contributed by atoms with E-state index in [0.717, 1.165) is 6.42 Å². The molecule has 0 fully saturated rings. The summed E-state index contributed by atoms with van der Waals surface area (Å²) in [5.74, 6) is -1.40. The molecule has 1 aromatic rings. The van der Waals surface area contributed by atoms with Gasteiger partial charge in [0.25, 0.3) is 0 Å². The summed E-state index contributed by atoms with van der Waals surface area (Å²) in [6.07, 6.45) is 8.07. The monoisotopic (exact) mass is 250 g/mol. The molecule has 96 valence electrons. The molecule has 1 aliphatic rings. The summed E-state index contributed by atoms with van der Waals surface area (Å²) in [6, 6.07) is 1.05. The van der Waals surface area contributed by atoms with Gasteiger partial charge in [0.15, 0.2) is 0 Å². The fourth-order valence-electron chi connectivity index (χ4n) is 2.07. The summed E-state index contributed by atoms with van der Waals surface area (Å²) < 4.78 is 27.2.